The highest BCUT2D eigenvalue weighted by molar-refractivity contribution is 5.99. The number of benzene rings is 3. The Morgan fingerprint density at radius 2 is 1.54 bits per heavy atom. The lowest BCUT2D eigenvalue weighted by atomic mass is 10.1. The smallest absolute Gasteiger partial charge is 0.338 e. The van der Waals surface area contributed by atoms with Crippen LogP contribution in [0.5, 0.6) is 0 Å². The van der Waals surface area contributed by atoms with E-state index >= 15 is 0 Å². The largest absolute Gasteiger partial charge is 0.452 e. The van der Waals surface area contributed by atoms with Crippen LogP contribution in [0.25, 0.3) is 10.8 Å². The molecule has 0 aliphatic carbocycles. The van der Waals surface area contributed by atoms with Crippen molar-refractivity contribution in [3.05, 3.63) is 78.4 Å². The summed E-state index contributed by atoms with van der Waals surface area (Å²) in [5.74, 6) is -0.749. The van der Waals surface area contributed by atoms with Gasteiger partial charge in [-0.3, -0.25) is 4.79 Å². The van der Waals surface area contributed by atoms with Gasteiger partial charge >= 0.3 is 5.97 Å². The lowest BCUT2D eigenvalue weighted by Crippen LogP contribution is -2.39. The van der Waals surface area contributed by atoms with E-state index in [-0.39, 0.29) is 18.6 Å². The van der Waals surface area contributed by atoms with Crippen molar-refractivity contribution in [1.29, 1.82) is 0 Å². The summed E-state index contributed by atoms with van der Waals surface area (Å²) in [6, 6.07) is 22.5. The number of amides is 1. The Balaban J connectivity index is 1.70. The van der Waals surface area contributed by atoms with Crippen molar-refractivity contribution in [2.45, 2.75) is 19.9 Å². The third-order valence-electron chi connectivity index (χ3n) is 4.13. The van der Waals surface area contributed by atoms with E-state index in [2.05, 4.69) is 0 Å². The van der Waals surface area contributed by atoms with Crippen LogP contribution in [0.15, 0.2) is 72.8 Å². The topological polar surface area (TPSA) is 46.6 Å². The Kier molecular flexibility index (Phi) is 5.32. The monoisotopic (exact) mass is 347 g/mol. The summed E-state index contributed by atoms with van der Waals surface area (Å²) >= 11 is 0. The molecule has 4 nitrogen and oxygen atoms in total. The van der Waals surface area contributed by atoms with Crippen LogP contribution >= 0.6 is 0 Å². The molecule has 0 spiro atoms. The van der Waals surface area contributed by atoms with Crippen molar-refractivity contribution >= 4 is 28.3 Å². The zero-order chi connectivity index (χ0) is 18.5. The molecule has 132 valence electrons. The standard InChI is InChI=1S/C22H21NO3/c1-16(2)23(20-10-4-3-5-11-20)21(24)15-26-22(25)19-13-12-17-8-6-7-9-18(17)14-19/h3-14,16H,15H2,1-2H3. The predicted molar refractivity (Wildman–Crippen MR) is 103 cm³/mol. The molecule has 0 saturated carbocycles. The van der Waals surface area contributed by atoms with Gasteiger partial charge in [0, 0.05) is 11.7 Å². The molecule has 0 N–H and O–H groups in total. The van der Waals surface area contributed by atoms with Crippen LogP contribution in [0.2, 0.25) is 0 Å². The SMILES string of the molecule is CC(C)N(C(=O)COC(=O)c1ccc2ccccc2c1)c1ccccc1. The van der Waals surface area contributed by atoms with Crippen molar-refractivity contribution in [1.82, 2.24) is 0 Å². The maximum Gasteiger partial charge on any atom is 0.338 e. The fraction of sp³-hybridized carbons (Fsp3) is 0.182. The van der Waals surface area contributed by atoms with E-state index in [1.165, 1.54) is 0 Å². The quantitative estimate of drug-likeness (QED) is 0.641. The second kappa shape index (κ2) is 7.83. The number of hydrogen-bond donors (Lipinski definition) is 0. The molecule has 1 amide bonds. The zero-order valence-corrected chi connectivity index (χ0v) is 14.9. The summed E-state index contributed by atoms with van der Waals surface area (Å²) in [6.45, 7) is 3.56. The number of nitrogens with zero attached hydrogens (tertiary/aromatic N) is 1. The number of carbonyl (C=O) groups excluding carboxylic acids is 2. The molecule has 26 heavy (non-hydrogen) atoms. The van der Waals surface area contributed by atoms with Gasteiger partial charge in [-0.15, -0.1) is 0 Å². The molecule has 4 heteroatoms. The lowest BCUT2D eigenvalue weighted by Gasteiger charge is -2.26. The molecule has 0 aliphatic rings. The van der Waals surface area contributed by atoms with Gasteiger partial charge in [-0.05, 0) is 48.9 Å². The van der Waals surface area contributed by atoms with Crippen molar-refractivity contribution in [3.63, 3.8) is 0 Å². The molecule has 3 aromatic carbocycles. The first-order valence-electron chi connectivity index (χ1n) is 8.59. The van der Waals surface area contributed by atoms with Gasteiger partial charge in [0.1, 0.15) is 0 Å². The molecule has 3 aromatic rings. The Labute approximate surface area is 153 Å². The normalized spacial score (nSPS) is 10.7. The number of rotatable bonds is 5. The highest BCUT2D eigenvalue weighted by Crippen LogP contribution is 2.18. The minimum absolute atomic E-state index is 0.0377. The fourth-order valence-corrected chi connectivity index (χ4v) is 2.92. The second-order valence-corrected chi connectivity index (χ2v) is 6.33. The van der Waals surface area contributed by atoms with Gasteiger partial charge in [0.05, 0.1) is 5.56 Å². The van der Waals surface area contributed by atoms with E-state index in [1.54, 1.807) is 17.0 Å². The van der Waals surface area contributed by atoms with Gasteiger partial charge in [-0.2, -0.15) is 0 Å². The molecular formula is C22H21NO3. The summed E-state index contributed by atoms with van der Waals surface area (Å²) in [6.07, 6.45) is 0. The van der Waals surface area contributed by atoms with Crippen molar-refractivity contribution in [2.24, 2.45) is 0 Å². The van der Waals surface area contributed by atoms with Crippen molar-refractivity contribution < 1.29 is 14.3 Å². The average molecular weight is 347 g/mol. The summed E-state index contributed by atoms with van der Waals surface area (Å²) in [7, 11) is 0. The molecule has 0 aliphatic heterocycles. The fourth-order valence-electron chi connectivity index (χ4n) is 2.92. The van der Waals surface area contributed by atoms with E-state index in [4.69, 9.17) is 4.74 Å². The van der Waals surface area contributed by atoms with E-state index in [9.17, 15) is 9.59 Å². The van der Waals surface area contributed by atoms with E-state index in [0.717, 1.165) is 16.5 Å². The Morgan fingerprint density at radius 1 is 0.885 bits per heavy atom. The first-order valence-corrected chi connectivity index (χ1v) is 8.59. The predicted octanol–water partition coefficient (Wildman–Crippen LogP) is 4.44. The molecule has 3 rings (SSSR count). The summed E-state index contributed by atoms with van der Waals surface area (Å²) in [5.41, 5.74) is 1.22. The Bertz CT molecular complexity index is 919. The maximum atomic E-state index is 12.6. The van der Waals surface area contributed by atoms with E-state index in [1.807, 2.05) is 74.5 Å². The summed E-state index contributed by atoms with van der Waals surface area (Å²) in [5, 5.41) is 2.01. The molecule has 0 atom stereocenters. The molecule has 0 saturated heterocycles. The van der Waals surface area contributed by atoms with Crippen LogP contribution in [0.4, 0.5) is 5.69 Å². The van der Waals surface area contributed by atoms with Gasteiger partial charge in [0.25, 0.3) is 5.91 Å². The molecule has 0 unspecified atom stereocenters. The van der Waals surface area contributed by atoms with E-state index in [0.29, 0.717) is 5.56 Å². The summed E-state index contributed by atoms with van der Waals surface area (Å²) in [4.78, 5) is 26.5. The number of hydrogen-bond acceptors (Lipinski definition) is 3. The molecule has 0 fully saturated rings. The van der Waals surface area contributed by atoms with Crippen LogP contribution in [0.1, 0.15) is 24.2 Å². The first-order chi connectivity index (χ1) is 12.6. The van der Waals surface area contributed by atoms with Crippen LogP contribution in [0.3, 0.4) is 0 Å². The number of esters is 1. The second-order valence-electron chi connectivity index (χ2n) is 6.33. The third kappa shape index (κ3) is 3.91. The Morgan fingerprint density at radius 3 is 2.23 bits per heavy atom. The van der Waals surface area contributed by atoms with Gasteiger partial charge in [-0.25, -0.2) is 4.79 Å². The van der Waals surface area contributed by atoms with Crippen LogP contribution in [-0.4, -0.2) is 24.5 Å². The number of fused-ring (bicyclic) bond motifs is 1. The van der Waals surface area contributed by atoms with Crippen LogP contribution < -0.4 is 4.90 Å². The molecule has 0 radical (unpaired) electrons. The minimum atomic E-state index is -0.499. The van der Waals surface area contributed by atoms with Gasteiger partial charge < -0.3 is 9.64 Å². The molecule has 0 heterocycles. The number of para-hydroxylation sites is 1. The van der Waals surface area contributed by atoms with Crippen molar-refractivity contribution in [3.8, 4) is 0 Å². The maximum absolute atomic E-state index is 12.6. The number of carbonyl (C=O) groups is 2. The molecule has 0 bridgehead atoms. The summed E-state index contributed by atoms with van der Waals surface area (Å²) < 4.78 is 5.26. The lowest BCUT2D eigenvalue weighted by molar-refractivity contribution is -0.122. The van der Waals surface area contributed by atoms with E-state index < -0.39 is 5.97 Å². The minimum Gasteiger partial charge on any atom is -0.452 e. The Hall–Kier alpha value is -3.14. The first kappa shape index (κ1) is 17.7. The highest BCUT2D eigenvalue weighted by atomic mass is 16.5. The van der Waals surface area contributed by atoms with Crippen LogP contribution in [0, 0.1) is 0 Å². The average Bonchev–Trinajstić information content (AvgIpc) is 2.66. The number of ether oxygens (including phenoxy) is 1. The van der Waals surface area contributed by atoms with Gasteiger partial charge in [0.2, 0.25) is 0 Å². The zero-order valence-electron chi connectivity index (χ0n) is 14.9. The van der Waals surface area contributed by atoms with Crippen LogP contribution in [-0.2, 0) is 9.53 Å². The van der Waals surface area contributed by atoms with Gasteiger partial charge in [-0.1, -0.05) is 48.5 Å². The third-order valence-corrected chi connectivity index (χ3v) is 4.13. The van der Waals surface area contributed by atoms with Gasteiger partial charge in [0.15, 0.2) is 6.61 Å². The molecular weight excluding hydrogens is 326 g/mol. The number of anilines is 1. The molecule has 0 aromatic heterocycles. The van der Waals surface area contributed by atoms with Crippen molar-refractivity contribution in [2.75, 3.05) is 11.5 Å². The highest BCUT2D eigenvalue weighted by Gasteiger charge is 2.20.